The van der Waals surface area contributed by atoms with E-state index in [1.54, 1.807) is 37.1 Å². The zero-order valence-electron chi connectivity index (χ0n) is 21.0. The van der Waals surface area contributed by atoms with Crippen molar-refractivity contribution in [2.24, 2.45) is 5.92 Å². The number of thioether (sulfide) groups is 1. The summed E-state index contributed by atoms with van der Waals surface area (Å²) >= 11 is 1.69. The number of nitrogens with zero attached hydrogens (tertiary/aromatic N) is 6. The summed E-state index contributed by atoms with van der Waals surface area (Å²) in [7, 11) is 0. The molecule has 2 N–H and O–H groups in total. The average Bonchev–Trinajstić information content (AvgIpc) is 3.22. The van der Waals surface area contributed by atoms with Gasteiger partial charge in [0.1, 0.15) is 5.82 Å². The van der Waals surface area contributed by atoms with Crippen molar-refractivity contribution in [2.75, 3.05) is 37.7 Å². The predicted octanol–water partition coefficient (Wildman–Crippen LogP) is 4.04. The molecule has 1 aromatic carbocycles. The first-order valence-corrected chi connectivity index (χ1v) is 13.8. The number of amides is 1. The van der Waals surface area contributed by atoms with Crippen LogP contribution in [0.3, 0.4) is 0 Å². The lowest BCUT2D eigenvalue weighted by Gasteiger charge is -2.38. The van der Waals surface area contributed by atoms with Crippen LogP contribution in [0.15, 0.2) is 29.7 Å². The molecular formula is C26H34FN7OS. The molecule has 4 heterocycles. The molecule has 1 amide bonds. The van der Waals surface area contributed by atoms with Gasteiger partial charge in [-0.05, 0) is 63.1 Å². The van der Waals surface area contributed by atoms with Gasteiger partial charge >= 0.3 is 0 Å². The van der Waals surface area contributed by atoms with Crippen molar-refractivity contribution in [2.45, 2.75) is 57.3 Å². The molecule has 0 radical (unpaired) electrons. The van der Waals surface area contributed by atoms with Crippen LogP contribution in [-0.2, 0) is 11.3 Å². The highest BCUT2D eigenvalue weighted by Gasteiger charge is 2.32. The Bertz CT molecular complexity index is 1220. The van der Waals surface area contributed by atoms with Crippen LogP contribution < -0.4 is 5.73 Å². The Labute approximate surface area is 215 Å². The highest BCUT2D eigenvalue weighted by Crippen LogP contribution is 2.34. The molecule has 5 rings (SSSR count). The minimum Gasteiger partial charge on any atom is -0.368 e. The van der Waals surface area contributed by atoms with Gasteiger partial charge in [-0.1, -0.05) is 18.7 Å². The van der Waals surface area contributed by atoms with Crippen LogP contribution >= 0.6 is 11.8 Å². The van der Waals surface area contributed by atoms with Crippen molar-refractivity contribution in [1.82, 2.24) is 29.3 Å². The summed E-state index contributed by atoms with van der Waals surface area (Å²) in [5, 5.41) is 0.946. The van der Waals surface area contributed by atoms with Crippen molar-refractivity contribution < 1.29 is 9.18 Å². The SMILES string of the molecule is CCSc1nc2cc(C)c(F)cc2n1C1CCN(C(=O)C2CCN(Cc3cnc(N)nc3)CC2)CC1. The van der Waals surface area contributed by atoms with Gasteiger partial charge in [-0.15, -0.1) is 0 Å². The lowest BCUT2D eigenvalue weighted by Crippen LogP contribution is -2.45. The number of carbonyl (C=O) groups is 1. The standard InChI is InChI=1S/C26H34FN7OS/c1-3-36-26-31-22-12-17(2)21(27)13-23(22)34(26)20-6-10-33(11-7-20)24(35)19-4-8-32(9-5-19)16-18-14-29-25(28)30-15-18/h12-15,19-20H,3-11,16H2,1-2H3,(H2,28,29,30). The predicted molar refractivity (Wildman–Crippen MR) is 140 cm³/mol. The van der Waals surface area contributed by atoms with Gasteiger partial charge in [0, 0.05) is 55.6 Å². The lowest BCUT2D eigenvalue weighted by molar-refractivity contribution is -0.138. The van der Waals surface area contributed by atoms with Crippen LogP contribution in [0.2, 0.25) is 0 Å². The Morgan fingerprint density at radius 1 is 1.11 bits per heavy atom. The summed E-state index contributed by atoms with van der Waals surface area (Å²) in [5.74, 6) is 1.36. The van der Waals surface area contributed by atoms with Crippen LogP contribution in [0.1, 0.15) is 49.8 Å². The van der Waals surface area contributed by atoms with Crippen molar-refractivity contribution in [3.05, 3.63) is 41.5 Å². The third kappa shape index (κ3) is 5.20. The van der Waals surface area contributed by atoms with Crippen molar-refractivity contribution >= 4 is 34.7 Å². The van der Waals surface area contributed by atoms with E-state index in [1.807, 2.05) is 11.0 Å². The average molecular weight is 512 g/mol. The summed E-state index contributed by atoms with van der Waals surface area (Å²) in [6, 6.07) is 3.69. The molecule has 2 saturated heterocycles. The molecule has 10 heteroatoms. The van der Waals surface area contributed by atoms with Crippen molar-refractivity contribution in [3.8, 4) is 0 Å². The highest BCUT2D eigenvalue weighted by atomic mass is 32.2. The number of fused-ring (bicyclic) bond motifs is 1. The molecule has 192 valence electrons. The number of anilines is 1. The van der Waals surface area contributed by atoms with E-state index in [-0.39, 0.29) is 29.6 Å². The second-order valence-electron chi connectivity index (χ2n) is 9.84. The molecular weight excluding hydrogens is 477 g/mol. The van der Waals surface area contributed by atoms with Crippen LogP contribution in [0.5, 0.6) is 0 Å². The van der Waals surface area contributed by atoms with Gasteiger partial charge in [0.25, 0.3) is 0 Å². The molecule has 8 nitrogen and oxygen atoms in total. The third-order valence-corrected chi connectivity index (χ3v) is 8.26. The van der Waals surface area contributed by atoms with Crippen LogP contribution in [0.25, 0.3) is 11.0 Å². The molecule has 2 aliphatic rings. The monoisotopic (exact) mass is 511 g/mol. The molecule has 36 heavy (non-hydrogen) atoms. The minimum absolute atomic E-state index is 0.0813. The fourth-order valence-electron chi connectivity index (χ4n) is 5.43. The van der Waals surface area contributed by atoms with Crippen molar-refractivity contribution in [3.63, 3.8) is 0 Å². The zero-order chi connectivity index (χ0) is 25.2. The number of hydrogen-bond acceptors (Lipinski definition) is 7. The van der Waals surface area contributed by atoms with E-state index in [4.69, 9.17) is 10.7 Å². The number of likely N-dealkylation sites (tertiary alicyclic amines) is 2. The summed E-state index contributed by atoms with van der Waals surface area (Å²) < 4.78 is 16.6. The van der Waals surface area contributed by atoms with Gasteiger partial charge in [-0.2, -0.15) is 0 Å². The molecule has 0 atom stereocenters. The molecule has 2 fully saturated rings. The Morgan fingerprint density at radius 2 is 1.81 bits per heavy atom. The Hall–Kier alpha value is -2.72. The van der Waals surface area contributed by atoms with Crippen LogP contribution in [0.4, 0.5) is 10.3 Å². The fourth-order valence-corrected chi connectivity index (χ4v) is 6.23. The van der Waals surface area contributed by atoms with Gasteiger partial charge < -0.3 is 15.2 Å². The first-order valence-electron chi connectivity index (χ1n) is 12.8. The Balaban J connectivity index is 1.19. The van der Waals surface area contributed by atoms with Crippen LogP contribution in [0, 0.1) is 18.7 Å². The van der Waals surface area contributed by atoms with Gasteiger partial charge in [0.2, 0.25) is 11.9 Å². The first-order chi connectivity index (χ1) is 17.4. The number of piperidine rings is 2. The van der Waals surface area contributed by atoms with E-state index in [9.17, 15) is 9.18 Å². The number of carbonyl (C=O) groups excluding carboxylic acids is 1. The zero-order valence-corrected chi connectivity index (χ0v) is 21.8. The third-order valence-electron chi connectivity index (χ3n) is 7.42. The summed E-state index contributed by atoms with van der Waals surface area (Å²) in [5.41, 5.74) is 8.94. The van der Waals surface area contributed by atoms with Gasteiger partial charge in [0.15, 0.2) is 5.16 Å². The molecule has 0 spiro atoms. The largest absolute Gasteiger partial charge is 0.368 e. The number of aromatic nitrogens is 4. The second kappa shape index (κ2) is 10.7. The number of imidazole rings is 1. The number of benzene rings is 1. The number of hydrogen-bond donors (Lipinski definition) is 1. The number of nitrogens with two attached hydrogens (primary N) is 1. The summed E-state index contributed by atoms with van der Waals surface area (Å²) in [6.07, 6.45) is 7.01. The summed E-state index contributed by atoms with van der Waals surface area (Å²) in [6.45, 7) is 7.91. The van der Waals surface area contributed by atoms with E-state index < -0.39 is 0 Å². The second-order valence-corrected chi connectivity index (χ2v) is 11.1. The Kier molecular flexibility index (Phi) is 7.43. The number of nitrogen functional groups attached to an aromatic ring is 1. The van der Waals surface area contributed by atoms with E-state index >= 15 is 0 Å². The van der Waals surface area contributed by atoms with Crippen LogP contribution in [-0.4, -0.2) is 67.2 Å². The molecule has 0 bridgehead atoms. The maximum absolute atomic E-state index is 14.4. The number of rotatable bonds is 6. The number of aryl methyl sites for hydroxylation is 1. The number of halogens is 1. The molecule has 3 aromatic rings. The van der Waals surface area contributed by atoms with E-state index in [2.05, 4.69) is 26.4 Å². The smallest absolute Gasteiger partial charge is 0.225 e. The quantitative estimate of drug-likeness (QED) is 0.499. The lowest BCUT2D eigenvalue weighted by atomic mass is 9.93. The maximum Gasteiger partial charge on any atom is 0.225 e. The normalized spacial score (nSPS) is 18.2. The van der Waals surface area contributed by atoms with E-state index in [0.29, 0.717) is 5.56 Å². The Morgan fingerprint density at radius 3 is 2.47 bits per heavy atom. The van der Waals surface area contributed by atoms with Gasteiger partial charge in [-0.3, -0.25) is 9.69 Å². The first kappa shape index (κ1) is 25.0. The van der Waals surface area contributed by atoms with Crippen molar-refractivity contribution in [1.29, 1.82) is 0 Å². The molecule has 2 aliphatic heterocycles. The van der Waals surface area contributed by atoms with E-state index in [1.165, 1.54) is 0 Å². The highest BCUT2D eigenvalue weighted by molar-refractivity contribution is 7.99. The van der Waals surface area contributed by atoms with E-state index in [0.717, 1.165) is 85.9 Å². The molecule has 0 aliphatic carbocycles. The summed E-state index contributed by atoms with van der Waals surface area (Å²) in [4.78, 5) is 30.6. The maximum atomic E-state index is 14.4. The topological polar surface area (TPSA) is 93.2 Å². The molecule has 0 saturated carbocycles. The fraction of sp³-hybridized carbons (Fsp3) is 0.538. The van der Waals surface area contributed by atoms with Gasteiger partial charge in [0.05, 0.1) is 11.0 Å². The molecule has 0 unspecified atom stereocenters. The molecule has 2 aromatic heterocycles. The van der Waals surface area contributed by atoms with Gasteiger partial charge in [-0.25, -0.2) is 19.3 Å². The minimum atomic E-state index is -0.195.